The van der Waals surface area contributed by atoms with E-state index in [1.165, 1.54) is 0 Å². The Morgan fingerprint density at radius 1 is 0.933 bits per heavy atom. The van der Waals surface area contributed by atoms with Gasteiger partial charge in [-0.15, -0.1) is 0 Å². The maximum absolute atomic E-state index is 15.3. The summed E-state index contributed by atoms with van der Waals surface area (Å²) in [6.45, 7) is 6.63. The molecular formula is C25H33FN2O2. The van der Waals surface area contributed by atoms with Gasteiger partial charge in [0.05, 0.1) is 24.7 Å². The largest absolute Gasteiger partial charge is 0.380 e. The molecule has 0 saturated heterocycles. The number of nitriles is 1. The van der Waals surface area contributed by atoms with E-state index in [-0.39, 0.29) is 6.54 Å². The van der Waals surface area contributed by atoms with Crippen molar-refractivity contribution in [3.8, 4) is 6.07 Å². The SMILES string of the molecule is CC(C)(OCCCOCCC#N)C(F)CN(Cc1ccccc1)Cc1ccccc1. The molecule has 2 aromatic carbocycles. The standard InChI is InChI=1S/C25H33FN2O2/c1-25(2,30-18-10-17-29-16-9-15-27)24(26)21-28(19-22-11-5-3-6-12-22)20-23-13-7-4-8-14-23/h3-8,11-14,24H,9-10,16-21H2,1-2H3. The van der Waals surface area contributed by atoms with Crippen molar-refractivity contribution < 1.29 is 13.9 Å². The molecule has 0 spiro atoms. The van der Waals surface area contributed by atoms with Crippen molar-refractivity contribution in [3.05, 3.63) is 71.8 Å². The normalized spacial score (nSPS) is 12.6. The summed E-state index contributed by atoms with van der Waals surface area (Å²) in [7, 11) is 0. The minimum atomic E-state index is -1.13. The van der Waals surface area contributed by atoms with E-state index in [4.69, 9.17) is 14.7 Å². The molecule has 0 amide bonds. The van der Waals surface area contributed by atoms with Crippen molar-refractivity contribution in [2.24, 2.45) is 0 Å². The number of hydrogen-bond acceptors (Lipinski definition) is 4. The van der Waals surface area contributed by atoms with Gasteiger partial charge in [0.2, 0.25) is 0 Å². The lowest BCUT2D eigenvalue weighted by Crippen LogP contribution is -2.44. The lowest BCUT2D eigenvalue weighted by Gasteiger charge is -2.33. The highest BCUT2D eigenvalue weighted by molar-refractivity contribution is 5.17. The first-order valence-corrected chi connectivity index (χ1v) is 10.5. The fraction of sp³-hybridized carbons (Fsp3) is 0.480. The average Bonchev–Trinajstić information content (AvgIpc) is 2.74. The van der Waals surface area contributed by atoms with Crippen molar-refractivity contribution in [1.29, 1.82) is 5.26 Å². The molecule has 0 saturated carbocycles. The van der Waals surface area contributed by atoms with Crippen LogP contribution in [0.5, 0.6) is 0 Å². The van der Waals surface area contributed by atoms with E-state index in [9.17, 15) is 0 Å². The number of ether oxygens (including phenoxy) is 2. The second kappa shape index (κ2) is 13.1. The van der Waals surface area contributed by atoms with E-state index < -0.39 is 11.8 Å². The monoisotopic (exact) mass is 412 g/mol. The Bertz CT molecular complexity index is 705. The lowest BCUT2D eigenvalue weighted by atomic mass is 10.0. The predicted molar refractivity (Wildman–Crippen MR) is 118 cm³/mol. The summed E-state index contributed by atoms with van der Waals surface area (Å²) in [4.78, 5) is 2.13. The van der Waals surface area contributed by atoms with Gasteiger partial charge in [-0.2, -0.15) is 5.26 Å². The number of alkyl halides is 1. The zero-order chi connectivity index (χ0) is 21.7. The van der Waals surface area contributed by atoms with E-state index >= 15 is 4.39 Å². The Hall–Kier alpha value is -2.26. The quantitative estimate of drug-likeness (QED) is 0.403. The Morgan fingerprint density at radius 2 is 1.50 bits per heavy atom. The number of rotatable bonds is 14. The minimum absolute atomic E-state index is 0.287. The summed E-state index contributed by atoms with van der Waals surface area (Å²) in [6, 6.07) is 22.3. The van der Waals surface area contributed by atoms with Gasteiger partial charge in [-0.25, -0.2) is 4.39 Å². The van der Waals surface area contributed by atoms with Crippen LogP contribution in [0.4, 0.5) is 4.39 Å². The summed E-state index contributed by atoms with van der Waals surface area (Å²) in [5, 5.41) is 8.49. The summed E-state index contributed by atoms with van der Waals surface area (Å²) >= 11 is 0. The summed E-state index contributed by atoms with van der Waals surface area (Å²) < 4.78 is 26.5. The third-order valence-electron chi connectivity index (χ3n) is 4.94. The van der Waals surface area contributed by atoms with Crippen LogP contribution in [0.1, 0.15) is 37.8 Å². The lowest BCUT2D eigenvalue weighted by molar-refractivity contribution is -0.0844. The third kappa shape index (κ3) is 9.04. The predicted octanol–water partition coefficient (Wildman–Crippen LogP) is 5.14. The van der Waals surface area contributed by atoms with Crippen LogP contribution in [0.2, 0.25) is 0 Å². The summed E-state index contributed by atoms with van der Waals surface area (Å²) in [5.41, 5.74) is 1.43. The van der Waals surface area contributed by atoms with Gasteiger partial charge in [0, 0.05) is 32.8 Å². The van der Waals surface area contributed by atoms with Gasteiger partial charge in [-0.1, -0.05) is 60.7 Å². The molecule has 0 fully saturated rings. The average molecular weight is 413 g/mol. The molecule has 0 aliphatic rings. The van der Waals surface area contributed by atoms with Crippen LogP contribution in [0.3, 0.4) is 0 Å². The highest BCUT2D eigenvalue weighted by atomic mass is 19.1. The topological polar surface area (TPSA) is 45.5 Å². The number of benzene rings is 2. The Kier molecular flexibility index (Phi) is 10.5. The molecule has 5 heteroatoms. The summed E-state index contributed by atoms with van der Waals surface area (Å²) in [6.07, 6.45) is -0.0684. The second-order valence-corrected chi connectivity index (χ2v) is 7.93. The third-order valence-corrected chi connectivity index (χ3v) is 4.94. The molecule has 162 valence electrons. The molecule has 30 heavy (non-hydrogen) atoms. The van der Waals surface area contributed by atoms with Gasteiger partial charge in [0.25, 0.3) is 0 Å². The highest BCUT2D eigenvalue weighted by Crippen LogP contribution is 2.22. The van der Waals surface area contributed by atoms with Gasteiger partial charge in [-0.05, 0) is 31.4 Å². The molecule has 2 rings (SSSR count). The number of hydrogen-bond donors (Lipinski definition) is 0. The molecule has 2 aromatic rings. The molecule has 0 aromatic heterocycles. The van der Waals surface area contributed by atoms with Gasteiger partial charge in [0.15, 0.2) is 0 Å². The first-order valence-electron chi connectivity index (χ1n) is 10.5. The van der Waals surface area contributed by atoms with Crippen LogP contribution in [-0.4, -0.2) is 43.0 Å². The van der Waals surface area contributed by atoms with Crippen molar-refractivity contribution in [1.82, 2.24) is 4.90 Å². The smallest absolute Gasteiger partial charge is 0.141 e. The van der Waals surface area contributed by atoms with Crippen LogP contribution in [0.15, 0.2) is 60.7 Å². The van der Waals surface area contributed by atoms with Gasteiger partial charge >= 0.3 is 0 Å². The zero-order valence-corrected chi connectivity index (χ0v) is 18.1. The van der Waals surface area contributed by atoms with Gasteiger partial charge in [0.1, 0.15) is 6.17 Å². The van der Waals surface area contributed by atoms with E-state index in [2.05, 4.69) is 29.2 Å². The number of halogens is 1. The first-order chi connectivity index (χ1) is 14.5. The Morgan fingerprint density at radius 3 is 2.03 bits per heavy atom. The van der Waals surface area contributed by atoms with Crippen molar-refractivity contribution in [2.75, 3.05) is 26.4 Å². The maximum Gasteiger partial charge on any atom is 0.141 e. The summed E-state index contributed by atoms with van der Waals surface area (Å²) in [5.74, 6) is 0. The highest BCUT2D eigenvalue weighted by Gasteiger charge is 2.32. The van der Waals surface area contributed by atoms with Crippen LogP contribution in [0, 0.1) is 11.3 Å². The molecule has 1 unspecified atom stereocenters. The van der Waals surface area contributed by atoms with E-state index in [1.54, 1.807) is 13.8 Å². The second-order valence-electron chi connectivity index (χ2n) is 7.93. The Labute approximate surface area is 180 Å². The van der Waals surface area contributed by atoms with Gasteiger partial charge < -0.3 is 9.47 Å². The fourth-order valence-corrected chi connectivity index (χ4v) is 3.12. The molecule has 0 radical (unpaired) electrons. The van der Waals surface area contributed by atoms with Gasteiger partial charge in [-0.3, -0.25) is 4.90 Å². The molecule has 0 bridgehead atoms. The van der Waals surface area contributed by atoms with Crippen LogP contribution < -0.4 is 0 Å². The molecular weight excluding hydrogens is 379 g/mol. The molecule has 4 nitrogen and oxygen atoms in total. The zero-order valence-electron chi connectivity index (χ0n) is 18.1. The Balaban J connectivity index is 1.89. The minimum Gasteiger partial charge on any atom is -0.380 e. The van der Waals surface area contributed by atoms with Crippen LogP contribution >= 0.6 is 0 Å². The van der Waals surface area contributed by atoms with Crippen LogP contribution in [-0.2, 0) is 22.6 Å². The number of nitrogens with zero attached hydrogens (tertiary/aromatic N) is 2. The van der Waals surface area contributed by atoms with E-state index in [1.807, 2.05) is 42.5 Å². The van der Waals surface area contributed by atoms with Crippen LogP contribution in [0.25, 0.3) is 0 Å². The molecule has 0 aliphatic heterocycles. The first kappa shape index (κ1) is 24.0. The van der Waals surface area contributed by atoms with E-state index in [0.29, 0.717) is 45.8 Å². The van der Waals surface area contributed by atoms with E-state index in [0.717, 1.165) is 11.1 Å². The van der Waals surface area contributed by atoms with Crippen molar-refractivity contribution >= 4 is 0 Å². The van der Waals surface area contributed by atoms with Crippen molar-refractivity contribution in [3.63, 3.8) is 0 Å². The fourth-order valence-electron chi connectivity index (χ4n) is 3.12. The molecule has 0 aliphatic carbocycles. The van der Waals surface area contributed by atoms with Crippen molar-refractivity contribution in [2.45, 2.75) is 51.6 Å². The molecule has 1 atom stereocenters. The molecule has 0 N–H and O–H groups in total. The maximum atomic E-state index is 15.3. The molecule has 0 heterocycles.